The highest BCUT2D eigenvalue weighted by Gasteiger charge is 2.23. The molecule has 0 fully saturated rings. The summed E-state index contributed by atoms with van der Waals surface area (Å²) in [7, 11) is -0.532. The Morgan fingerprint density at radius 3 is 1.53 bits per heavy atom. The Balaban J connectivity index is 2.87. The third kappa shape index (κ3) is 6.16. The highest BCUT2D eigenvalue weighted by atomic mass is 31.1. The van der Waals surface area contributed by atoms with Crippen molar-refractivity contribution in [2.45, 2.75) is 52.6 Å². The van der Waals surface area contributed by atoms with Crippen LogP contribution in [0.3, 0.4) is 0 Å². The summed E-state index contributed by atoms with van der Waals surface area (Å²) in [6.45, 7) is 13.2. The standard InChI is InChI=1S/C14H25N2P/c1-13(2,3)15-17(16-14(4,5)6)12-10-8-7-9-11-12/h7-11,15-16H,1-6H3. The first-order valence-electron chi connectivity index (χ1n) is 6.08. The minimum Gasteiger partial charge on any atom is -0.275 e. The van der Waals surface area contributed by atoms with E-state index in [1.54, 1.807) is 0 Å². The third-order valence-electron chi connectivity index (χ3n) is 1.91. The maximum atomic E-state index is 3.68. The van der Waals surface area contributed by atoms with Crippen LogP contribution in [0.4, 0.5) is 0 Å². The van der Waals surface area contributed by atoms with Gasteiger partial charge in [-0.05, 0) is 41.5 Å². The minimum atomic E-state index is -0.532. The van der Waals surface area contributed by atoms with Gasteiger partial charge in [0.25, 0.3) is 0 Å². The van der Waals surface area contributed by atoms with Crippen molar-refractivity contribution in [1.29, 1.82) is 0 Å². The fourth-order valence-corrected chi connectivity index (χ4v) is 3.53. The number of rotatable bonds is 3. The first-order chi connectivity index (χ1) is 7.67. The van der Waals surface area contributed by atoms with Crippen molar-refractivity contribution in [3.8, 4) is 0 Å². The molecule has 0 aromatic heterocycles. The molecular weight excluding hydrogens is 227 g/mol. The molecule has 0 aliphatic rings. The lowest BCUT2D eigenvalue weighted by molar-refractivity contribution is 0.498. The highest BCUT2D eigenvalue weighted by molar-refractivity contribution is 7.61. The molecular formula is C14H25N2P. The Hall–Kier alpha value is -0.430. The van der Waals surface area contributed by atoms with Crippen LogP contribution in [-0.2, 0) is 0 Å². The second-order valence-electron chi connectivity index (χ2n) is 6.39. The van der Waals surface area contributed by atoms with E-state index in [-0.39, 0.29) is 11.1 Å². The molecule has 0 saturated heterocycles. The van der Waals surface area contributed by atoms with Crippen LogP contribution in [0.5, 0.6) is 0 Å². The van der Waals surface area contributed by atoms with Crippen molar-refractivity contribution in [3.63, 3.8) is 0 Å². The molecule has 2 nitrogen and oxygen atoms in total. The molecule has 17 heavy (non-hydrogen) atoms. The van der Waals surface area contributed by atoms with E-state index >= 15 is 0 Å². The van der Waals surface area contributed by atoms with Crippen LogP contribution in [0.2, 0.25) is 0 Å². The molecule has 0 unspecified atom stereocenters. The van der Waals surface area contributed by atoms with Gasteiger partial charge in [0.2, 0.25) is 0 Å². The summed E-state index contributed by atoms with van der Waals surface area (Å²) in [4.78, 5) is 0. The second-order valence-corrected chi connectivity index (χ2v) is 8.03. The van der Waals surface area contributed by atoms with Gasteiger partial charge in [-0.25, -0.2) is 0 Å². The predicted octanol–water partition coefficient (Wildman–Crippen LogP) is 3.40. The zero-order valence-electron chi connectivity index (χ0n) is 11.8. The van der Waals surface area contributed by atoms with Crippen LogP contribution in [-0.4, -0.2) is 11.1 Å². The van der Waals surface area contributed by atoms with Crippen LogP contribution in [0.25, 0.3) is 0 Å². The van der Waals surface area contributed by atoms with E-state index in [0.717, 1.165) is 0 Å². The molecule has 0 saturated carbocycles. The summed E-state index contributed by atoms with van der Waals surface area (Å²) in [5.41, 5.74) is 0.222. The van der Waals surface area contributed by atoms with Crippen LogP contribution >= 0.6 is 8.22 Å². The lowest BCUT2D eigenvalue weighted by Crippen LogP contribution is -2.43. The van der Waals surface area contributed by atoms with Gasteiger partial charge in [-0.15, -0.1) is 0 Å². The Bertz CT molecular complexity index is 319. The lowest BCUT2D eigenvalue weighted by Gasteiger charge is -2.34. The molecule has 0 aliphatic carbocycles. The van der Waals surface area contributed by atoms with Gasteiger partial charge in [-0.2, -0.15) is 0 Å². The fraction of sp³-hybridized carbons (Fsp3) is 0.571. The van der Waals surface area contributed by atoms with E-state index in [0.29, 0.717) is 0 Å². The summed E-state index contributed by atoms with van der Waals surface area (Å²) in [6, 6.07) is 10.6. The van der Waals surface area contributed by atoms with Crippen molar-refractivity contribution in [3.05, 3.63) is 30.3 Å². The van der Waals surface area contributed by atoms with Crippen LogP contribution in [0.15, 0.2) is 30.3 Å². The van der Waals surface area contributed by atoms with Gasteiger partial charge >= 0.3 is 0 Å². The topological polar surface area (TPSA) is 24.1 Å². The zero-order valence-corrected chi connectivity index (χ0v) is 12.7. The highest BCUT2D eigenvalue weighted by Crippen LogP contribution is 2.31. The molecule has 0 amide bonds. The van der Waals surface area contributed by atoms with Gasteiger partial charge in [-0.1, -0.05) is 30.3 Å². The first-order valence-corrected chi connectivity index (χ1v) is 7.42. The number of hydrogen-bond acceptors (Lipinski definition) is 2. The summed E-state index contributed by atoms with van der Waals surface area (Å²) in [5.74, 6) is 0. The van der Waals surface area contributed by atoms with Crippen LogP contribution in [0, 0.1) is 0 Å². The molecule has 1 rings (SSSR count). The maximum Gasteiger partial charge on any atom is 0.0677 e. The Labute approximate surface area is 107 Å². The van der Waals surface area contributed by atoms with E-state index in [1.165, 1.54) is 5.30 Å². The van der Waals surface area contributed by atoms with E-state index in [1.807, 2.05) is 0 Å². The van der Waals surface area contributed by atoms with Crippen molar-refractivity contribution in [1.82, 2.24) is 10.2 Å². The van der Waals surface area contributed by atoms with Gasteiger partial charge in [0.05, 0.1) is 8.22 Å². The Kier molecular flexibility index (Phi) is 4.71. The van der Waals surface area contributed by atoms with Gasteiger partial charge in [-0.3, -0.25) is 10.2 Å². The molecule has 0 bridgehead atoms. The molecule has 1 aromatic rings. The molecule has 3 heteroatoms. The summed E-state index contributed by atoms with van der Waals surface area (Å²) >= 11 is 0. The largest absolute Gasteiger partial charge is 0.275 e. The molecule has 0 radical (unpaired) electrons. The molecule has 0 aliphatic heterocycles. The van der Waals surface area contributed by atoms with E-state index in [2.05, 4.69) is 82.0 Å². The average molecular weight is 252 g/mol. The molecule has 0 spiro atoms. The maximum absolute atomic E-state index is 3.68. The Morgan fingerprint density at radius 1 is 0.765 bits per heavy atom. The molecule has 96 valence electrons. The monoisotopic (exact) mass is 252 g/mol. The van der Waals surface area contributed by atoms with Gasteiger partial charge in [0, 0.05) is 16.4 Å². The molecule has 0 heterocycles. The number of benzene rings is 1. The van der Waals surface area contributed by atoms with Crippen molar-refractivity contribution in [2.75, 3.05) is 0 Å². The Morgan fingerprint density at radius 2 is 1.18 bits per heavy atom. The minimum absolute atomic E-state index is 0.111. The molecule has 2 N–H and O–H groups in total. The SMILES string of the molecule is CC(C)(C)NP(NC(C)(C)C)c1ccccc1. The van der Waals surface area contributed by atoms with Crippen molar-refractivity contribution < 1.29 is 0 Å². The summed E-state index contributed by atoms with van der Waals surface area (Å²) in [5, 5.41) is 8.71. The van der Waals surface area contributed by atoms with E-state index in [4.69, 9.17) is 0 Å². The number of nitrogens with one attached hydrogen (secondary N) is 2. The van der Waals surface area contributed by atoms with Crippen LogP contribution < -0.4 is 15.5 Å². The number of hydrogen-bond donors (Lipinski definition) is 2. The molecule has 1 aromatic carbocycles. The van der Waals surface area contributed by atoms with Crippen LogP contribution in [0.1, 0.15) is 41.5 Å². The van der Waals surface area contributed by atoms with E-state index in [9.17, 15) is 0 Å². The third-order valence-corrected chi connectivity index (χ3v) is 4.51. The smallest absolute Gasteiger partial charge is 0.0677 e. The first kappa shape index (κ1) is 14.6. The summed E-state index contributed by atoms with van der Waals surface area (Å²) < 4.78 is 0. The second kappa shape index (κ2) is 5.48. The zero-order chi connectivity index (χ0) is 13.1. The predicted molar refractivity (Wildman–Crippen MR) is 78.8 cm³/mol. The lowest BCUT2D eigenvalue weighted by atomic mass is 10.1. The van der Waals surface area contributed by atoms with E-state index < -0.39 is 8.22 Å². The average Bonchev–Trinajstić information content (AvgIpc) is 2.14. The van der Waals surface area contributed by atoms with Gasteiger partial charge < -0.3 is 0 Å². The fourth-order valence-electron chi connectivity index (χ4n) is 1.40. The summed E-state index contributed by atoms with van der Waals surface area (Å²) in [6.07, 6.45) is 0. The van der Waals surface area contributed by atoms with Gasteiger partial charge in [0.1, 0.15) is 0 Å². The quantitative estimate of drug-likeness (QED) is 0.806. The normalized spacial score (nSPS) is 13.1. The molecule has 0 atom stereocenters. The van der Waals surface area contributed by atoms with Crippen molar-refractivity contribution in [2.24, 2.45) is 0 Å². The van der Waals surface area contributed by atoms with Gasteiger partial charge in [0.15, 0.2) is 0 Å². The van der Waals surface area contributed by atoms with Crippen molar-refractivity contribution >= 4 is 13.5 Å².